The van der Waals surface area contributed by atoms with Crippen molar-refractivity contribution < 1.29 is 5.11 Å². The minimum atomic E-state index is -0.265. The highest BCUT2D eigenvalue weighted by atomic mass is 32.2. The number of aromatic nitrogens is 2. The summed E-state index contributed by atoms with van der Waals surface area (Å²) in [5, 5.41) is 13.9. The molecular weight excluding hydrogens is 244 g/mol. The standard InChI is InChI=1S/C14H18N2OS/c1-11(17)12(2)18-10-13-4-6-14(7-5-13)16-9-3-8-15-16/h3-9,11-12,17H,10H2,1-2H3. The molecule has 96 valence electrons. The van der Waals surface area contributed by atoms with Crippen LogP contribution in [0.15, 0.2) is 42.7 Å². The summed E-state index contributed by atoms with van der Waals surface area (Å²) in [7, 11) is 0. The Bertz CT molecular complexity index is 465. The van der Waals surface area contributed by atoms with E-state index in [0.717, 1.165) is 11.4 Å². The Labute approximate surface area is 112 Å². The van der Waals surface area contributed by atoms with Gasteiger partial charge in [-0.25, -0.2) is 4.68 Å². The highest BCUT2D eigenvalue weighted by Crippen LogP contribution is 2.20. The lowest BCUT2D eigenvalue weighted by Gasteiger charge is -2.14. The molecule has 0 saturated carbocycles. The third-order valence-corrected chi connectivity index (χ3v) is 4.32. The molecule has 0 spiro atoms. The largest absolute Gasteiger partial charge is 0.392 e. The molecule has 2 atom stereocenters. The first-order valence-electron chi connectivity index (χ1n) is 6.05. The van der Waals surface area contributed by atoms with Crippen LogP contribution >= 0.6 is 11.8 Å². The summed E-state index contributed by atoms with van der Waals surface area (Å²) in [6.07, 6.45) is 3.44. The van der Waals surface area contributed by atoms with Gasteiger partial charge in [-0.1, -0.05) is 19.1 Å². The molecule has 1 aromatic heterocycles. The van der Waals surface area contributed by atoms with Crippen molar-refractivity contribution in [3.63, 3.8) is 0 Å². The summed E-state index contributed by atoms with van der Waals surface area (Å²) >= 11 is 1.77. The fourth-order valence-electron chi connectivity index (χ4n) is 1.53. The molecule has 0 saturated heterocycles. The molecule has 2 rings (SSSR count). The monoisotopic (exact) mass is 262 g/mol. The molecule has 2 unspecified atom stereocenters. The topological polar surface area (TPSA) is 38.0 Å². The predicted octanol–water partition coefficient (Wildman–Crippen LogP) is 2.87. The van der Waals surface area contributed by atoms with Crippen LogP contribution in [0.5, 0.6) is 0 Å². The van der Waals surface area contributed by atoms with Gasteiger partial charge in [0.2, 0.25) is 0 Å². The number of benzene rings is 1. The molecule has 0 aliphatic rings. The first kappa shape index (κ1) is 13.2. The van der Waals surface area contributed by atoms with Crippen LogP contribution in [-0.4, -0.2) is 26.2 Å². The molecular formula is C14H18N2OS. The van der Waals surface area contributed by atoms with E-state index in [2.05, 4.69) is 29.4 Å². The molecule has 3 nitrogen and oxygen atoms in total. The lowest BCUT2D eigenvalue weighted by Crippen LogP contribution is -2.15. The molecule has 0 radical (unpaired) electrons. The lowest BCUT2D eigenvalue weighted by atomic mass is 10.2. The van der Waals surface area contributed by atoms with Crippen LogP contribution in [0.2, 0.25) is 0 Å². The highest BCUT2D eigenvalue weighted by Gasteiger charge is 2.08. The van der Waals surface area contributed by atoms with Gasteiger partial charge in [0.15, 0.2) is 0 Å². The van der Waals surface area contributed by atoms with Crippen molar-refractivity contribution in [2.75, 3.05) is 0 Å². The van der Waals surface area contributed by atoms with E-state index in [-0.39, 0.29) is 11.4 Å². The van der Waals surface area contributed by atoms with Crippen molar-refractivity contribution in [1.29, 1.82) is 0 Å². The van der Waals surface area contributed by atoms with Gasteiger partial charge < -0.3 is 5.11 Å². The maximum absolute atomic E-state index is 9.44. The van der Waals surface area contributed by atoms with Crippen molar-refractivity contribution in [3.8, 4) is 5.69 Å². The molecule has 0 amide bonds. The number of hydrogen-bond acceptors (Lipinski definition) is 3. The minimum Gasteiger partial charge on any atom is -0.392 e. The third-order valence-electron chi connectivity index (χ3n) is 2.90. The van der Waals surface area contributed by atoms with Gasteiger partial charge in [0.1, 0.15) is 0 Å². The first-order valence-corrected chi connectivity index (χ1v) is 7.10. The fraction of sp³-hybridized carbons (Fsp3) is 0.357. The maximum atomic E-state index is 9.44. The van der Waals surface area contributed by atoms with E-state index in [9.17, 15) is 5.11 Å². The fourth-order valence-corrected chi connectivity index (χ4v) is 2.46. The smallest absolute Gasteiger partial charge is 0.0645 e. The second kappa shape index (κ2) is 6.07. The van der Waals surface area contributed by atoms with Crippen molar-refractivity contribution in [2.24, 2.45) is 0 Å². The van der Waals surface area contributed by atoms with Gasteiger partial charge in [0.05, 0.1) is 11.8 Å². The predicted molar refractivity (Wildman–Crippen MR) is 76.0 cm³/mol. The Balaban J connectivity index is 1.96. The van der Waals surface area contributed by atoms with Crippen molar-refractivity contribution in [3.05, 3.63) is 48.3 Å². The zero-order chi connectivity index (χ0) is 13.0. The summed E-state index contributed by atoms with van der Waals surface area (Å²) in [4.78, 5) is 0. The average Bonchev–Trinajstić information content (AvgIpc) is 2.90. The minimum absolute atomic E-state index is 0.260. The highest BCUT2D eigenvalue weighted by molar-refractivity contribution is 7.99. The molecule has 0 aliphatic carbocycles. The molecule has 18 heavy (non-hydrogen) atoms. The van der Waals surface area contributed by atoms with Gasteiger partial charge in [-0.3, -0.25) is 0 Å². The second-order valence-corrected chi connectivity index (χ2v) is 5.74. The van der Waals surface area contributed by atoms with E-state index >= 15 is 0 Å². The van der Waals surface area contributed by atoms with E-state index in [1.807, 2.05) is 30.8 Å². The van der Waals surface area contributed by atoms with Crippen molar-refractivity contribution in [2.45, 2.75) is 31.0 Å². The van der Waals surface area contributed by atoms with Crippen LogP contribution in [0.4, 0.5) is 0 Å². The van der Waals surface area contributed by atoms with Crippen LogP contribution < -0.4 is 0 Å². The van der Waals surface area contributed by atoms with Crippen LogP contribution in [-0.2, 0) is 5.75 Å². The van der Waals surface area contributed by atoms with E-state index in [4.69, 9.17) is 0 Å². The molecule has 0 aliphatic heterocycles. The van der Waals surface area contributed by atoms with Gasteiger partial charge in [-0.2, -0.15) is 16.9 Å². The van der Waals surface area contributed by atoms with E-state index in [1.54, 1.807) is 18.0 Å². The molecule has 1 N–H and O–H groups in total. The number of nitrogens with zero attached hydrogens (tertiary/aromatic N) is 2. The zero-order valence-corrected chi connectivity index (χ0v) is 11.5. The number of hydrogen-bond donors (Lipinski definition) is 1. The van der Waals surface area contributed by atoms with Gasteiger partial charge in [-0.15, -0.1) is 0 Å². The summed E-state index contributed by atoms with van der Waals surface area (Å²) in [5.74, 6) is 0.922. The lowest BCUT2D eigenvalue weighted by molar-refractivity contribution is 0.196. The molecule has 1 aromatic carbocycles. The van der Waals surface area contributed by atoms with E-state index < -0.39 is 0 Å². The third kappa shape index (κ3) is 3.37. The van der Waals surface area contributed by atoms with Gasteiger partial charge in [0.25, 0.3) is 0 Å². The second-order valence-electron chi connectivity index (χ2n) is 4.37. The molecule has 0 fully saturated rings. The molecule has 1 heterocycles. The van der Waals surface area contributed by atoms with Crippen LogP contribution in [0.1, 0.15) is 19.4 Å². The zero-order valence-electron chi connectivity index (χ0n) is 10.7. The van der Waals surface area contributed by atoms with Crippen LogP contribution in [0.25, 0.3) is 5.69 Å². The van der Waals surface area contributed by atoms with Gasteiger partial charge in [0, 0.05) is 23.4 Å². The summed E-state index contributed by atoms with van der Waals surface area (Å²) in [6, 6.07) is 10.3. The van der Waals surface area contributed by atoms with Crippen LogP contribution in [0, 0.1) is 0 Å². The molecule has 0 bridgehead atoms. The van der Waals surface area contributed by atoms with E-state index in [1.165, 1.54) is 5.56 Å². The number of aliphatic hydroxyl groups is 1. The number of thioether (sulfide) groups is 1. The Morgan fingerprint density at radius 3 is 2.56 bits per heavy atom. The SMILES string of the molecule is CC(O)C(C)SCc1ccc(-n2cccn2)cc1. The normalized spacial score (nSPS) is 14.4. The Morgan fingerprint density at radius 2 is 2.00 bits per heavy atom. The Kier molecular flexibility index (Phi) is 4.44. The summed E-state index contributed by atoms with van der Waals surface area (Å²) in [6.45, 7) is 3.88. The molecule has 4 heteroatoms. The molecule has 2 aromatic rings. The quantitative estimate of drug-likeness (QED) is 0.900. The summed E-state index contributed by atoms with van der Waals surface area (Å²) in [5.41, 5.74) is 2.33. The van der Waals surface area contributed by atoms with E-state index in [0.29, 0.717) is 0 Å². The van der Waals surface area contributed by atoms with Crippen molar-refractivity contribution in [1.82, 2.24) is 9.78 Å². The maximum Gasteiger partial charge on any atom is 0.0645 e. The van der Waals surface area contributed by atoms with Crippen LogP contribution in [0.3, 0.4) is 0 Å². The van der Waals surface area contributed by atoms with Gasteiger partial charge in [-0.05, 0) is 30.7 Å². The number of rotatable bonds is 5. The van der Waals surface area contributed by atoms with Gasteiger partial charge >= 0.3 is 0 Å². The average molecular weight is 262 g/mol. The van der Waals surface area contributed by atoms with Crippen molar-refractivity contribution >= 4 is 11.8 Å². The number of aliphatic hydroxyl groups excluding tert-OH is 1. The first-order chi connectivity index (χ1) is 8.66. The Hall–Kier alpha value is -1.26. The summed E-state index contributed by atoms with van der Waals surface area (Å²) < 4.78 is 1.84. The Morgan fingerprint density at radius 1 is 1.28 bits per heavy atom.